The van der Waals surface area contributed by atoms with Crippen LogP contribution in [0.4, 0.5) is 23.1 Å². The molecule has 0 fully saturated rings. The molecule has 0 aliphatic heterocycles. The molecular formula is C21H23ClN4O2. The van der Waals surface area contributed by atoms with E-state index in [-0.39, 0.29) is 6.10 Å². The maximum absolute atomic E-state index is 6.19. The number of para-hydroxylation sites is 2. The number of methoxy groups -OCH3 is 1. The Morgan fingerprint density at radius 2 is 1.75 bits per heavy atom. The number of halogens is 1. The number of nitrogens with zero attached hydrogens (tertiary/aromatic N) is 2. The fourth-order valence-corrected chi connectivity index (χ4v) is 2.88. The van der Waals surface area contributed by atoms with E-state index in [1.165, 1.54) is 0 Å². The van der Waals surface area contributed by atoms with Crippen LogP contribution in [0.5, 0.6) is 11.5 Å². The van der Waals surface area contributed by atoms with Crippen molar-refractivity contribution in [2.24, 2.45) is 0 Å². The van der Waals surface area contributed by atoms with E-state index in [0.29, 0.717) is 22.5 Å². The van der Waals surface area contributed by atoms with E-state index in [1.54, 1.807) is 19.2 Å². The molecule has 0 amide bonds. The third-order valence-electron chi connectivity index (χ3n) is 3.77. The van der Waals surface area contributed by atoms with Gasteiger partial charge in [0.25, 0.3) is 0 Å². The van der Waals surface area contributed by atoms with E-state index in [2.05, 4.69) is 20.6 Å². The maximum Gasteiger partial charge on any atom is 0.229 e. The van der Waals surface area contributed by atoms with Crippen molar-refractivity contribution < 1.29 is 9.47 Å². The summed E-state index contributed by atoms with van der Waals surface area (Å²) in [7, 11) is 1.58. The third-order valence-corrected chi connectivity index (χ3v) is 4.07. The molecule has 1 heterocycles. The highest BCUT2D eigenvalue weighted by Crippen LogP contribution is 2.30. The van der Waals surface area contributed by atoms with E-state index in [4.69, 9.17) is 21.1 Å². The topological polar surface area (TPSA) is 68.3 Å². The van der Waals surface area contributed by atoms with Gasteiger partial charge >= 0.3 is 0 Å². The zero-order valence-electron chi connectivity index (χ0n) is 16.3. The van der Waals surface area contributed by atoms with Crippen molar-refractivity contribution >= 4 is 34.7 Å². The van der Waals surface area contributed by atoms with Crippen molar-refractivity contribution in [1.29, 1.82) is 0 Å². The summed E-state index contributed by atoms with van der Waals surface area (Å²) in [5.74, 6) is 2.51. The standard InChI is InChI=1S/C21H23ClN4O2/c1-13(2)28-19-8-6-5-7-17(19)25-20-11-14(3)23-21(26-20)24-15-9-10-18(27-4)16(22)12-15/h5-13H,1-4H3,(H2,23,24,25,26). The lowest BCUT2D eigenvalue weighted by Crippen LogP contribution is -2.08. The molecule has 3 aromatic rings. The Morgan fingerprint density at radius 3 is 2.46 bits per heavy atom. The molecule has 0 spiro atoms. The first-order valence-electron chi connectivity index (χ1n) is 8.93. The monoisotopic (exact) mass is 398 g/mol. The SMILES string of the molecule is COc1ccc(Nc2nc(C)cc(Nc3ccccc3OC(C)C)n2)cc1Cl. The molecule has 1 aromatic heterocycles. The molecule has 0 bridgehead atoms. The molecule has 2 N–H and O–H groups in total. The summed E-state index contributed by atoms with van der Waals surface area (Å²) in [4.78, 5) is 9.00. The number of ether oxygens (including phenoxy) is 2. The quantitative estimate of drug-likeness (QED) is 0.530. The Labute approximate surface area is 169 Å². The summed E-state index contributed by atoms with van der Waals surface area (Å²) in [6, 6.07) is 15.1. The molecule has 7 heteroatoms. The van der Waals surface area contributed by atoms with Crippen LogP contribution < -0.4 is 20.1 Å². The second kappa shape index (κ2) is 8.80. The number of hydrogen-bond acceptors (Lipinski definition) is 6. The molecule has 28 heavy (non-hydrogen) atoms. The van der Waals surface area contributed by atoms with Gasteiger partial charge in [0.1, 0.15) is 17.3 Å². The van der Waals surface area contributed by atoms with Gasteiger partial charge in [-0.2, -0.15) is 4.98 Å². The summed E-state index contributed by atoms with van der Waals surface area (Å²) in [6.45, 7) is 5.90. The van der Waals surface area contributed by atoms with Crippen molar-refractivity contribution in [3.8, 4) is 11.5 Å². The average Bonchev–Trinajstić information content (AvgIpc) is 2.63. The number of hydrogen-bond donors (Lipinski definition) is 2. The minimum absolute atomic E-state index is 0.0760. The van der Waals surface area contributed by atoms with E-state index in [0.717, 1.165) is 22.8 Å². The molecule has 0 unspecified atom stereocenters. The van der Waals surface area contributed by atoms with Crippen molar-refractivity contribution in [2.75, 3.05) is 17.7 Å². The summed E-state index contributed by atoms with van der Waals surface area (Å²) in [5, 5.41) is 7.00. The second-order valence-electron chi connectivity index (χ2n) is 6.48. The Kier molecular flexibility index (Phi) is 6.21. The smallest absolute Gasteiger partial charge is 0.229 e. The van der Waals surface area contributed by atoms with E-state index >= 15 is 0 Å². The highest BCUT2D eigenvalue weighted by molar-refractivity contribution is 6.32. The van der Waals surface area contributed by atoms with Crippen molar-refractivity contribution in [1.82, 2.24) is 9.97 Å². The van der Waals surface area contributed by atoms with Gasteiger partial charge in [-0.25, -0.2) is 4.98 Å². The maximum atomic E-state index is 6.19. The highest BCUT2D eigenvalue weighted by atomic mass is 35.5. The fraction of sp³-hybridized carbons (Fsp3) is 0.238. The normalized spacial score (nSPS) is 10.6. The van der Waals surface area contributed by atoms with E-state index in [1.807, 2.05) is 57.2 Å². The Hall–Kier alpha value is -2.99. The summed E-state index contributed by atoms with van der Waals surface area (Å²) >= 11 is 6.19. The van der Waals surface area contributed by atoms with Crippen LogP contribution in [0.25, 0.3) is 0 Å². The number of rotatable bonds is 7. The first-order chi connectivity index (χ1) is 13.4. The van der Waals surface area contributed by atoms with Gasteiger partial charge in [-0.3, -0.25) is 0 Å². The zero-order valence-corrected chi connectivity index (χ0v) is 17.0. The molecule has 146 valence electrons. The fourth-order valence-electron chi connectivity index (χ4n) is 2.63. The van der Waals surface area contributed by atoms with Crippen LogP contribution in [0.2, 0.25) is 5.02 Å². The lowest BCUT2D eigenvalue weighted by Gasteiger charge is -2.16. The van der Waals surface area contributed by atoms with Crippen LogP contribution in [0.1, 0.15) is 19.5 Å². The number of benzene rings is 2. The van der Waals surface area contributed by atoms with E-state index < -0.39 is 0 Å². The van der Waals surface area contributed by atoms with Gasteiger partial charge in [0, 0.05) is 17.4 Å². The molecule has 0 saturated heterocycles. The van der Waals surface area contributed by atoms with Crippen molar-refractivity contribution in [2.45, 2.75) is 26.9 Å². The van der Waals surface area contributed by atoms with Crippen LogP contribution in [0.3, 0.4) is 0 Å². The molecule has 6 nitrogen and oxygen atoms in total. The molecule has 3 rings (SSSR count). The molecule has 0 aliphatic rings. The van der Waals surface area contributed by atoms with Gasteiger partial charge < -0.3 is 20.1 Å². The lowest BCUT2D eigenvalue weighted by atomic mass is 10.3. The van der Waals surface area contributed by atoms with Gasteiger partial charge in [-0.05, 0) is 51.1 Å². The van der Waals surface area contributed by atoms with E-state index in [9.17, 15) is 0 Å². The lowest BCUT2D eigenvalue weighted by molar-refractivity contribution is 0.244. The van der Waals surface area contributed by atoms with Gasteiger partial charge in [-0.1, -0.05) is 23.7 Å². The largest absolute Gasteiger partial charge is 0.495 e. The van der Waals surface area contributed by atoms with Crippen LogP contribution in [-0.4, -0.2) is 23.2 Å². The minimum Gasteiger partial charge on any atom is -0.495 e. The number of aryl methyl sites for hydroxylation is 1. The van der Waals surface area contributed by atoms with Crippen LogP contribution >= 0.6 is 11.6 Å². The van der Waals surface area contributed by atoms with Crippen LogP contribution in [-0.2, 0) is 0 Å². The second-order valence-corrected chi connectivity index (χ2v) is 6.89. The number of anilines is 4. The Balaban J connectivity index is 1.83. The van der Waals surface area contributed by atoms with Gasteiger partial charge in [0.2, 0.25) is 5.95 Å². The predicted molar refractivity (Wildman–Crippen MR) is 114 cm³/mol. The van der Waals surface area contributed by atoms with Gasteiger partial charge in [-0.15, -0.1) is 0 Å². The van der Waals surface area contributed by atoms with Gasteiger partial charge in [0.15, 0.2) is 0 Å². The van der Waals surface area contributed by atoms with Crippen molar-refractivity contribution in [3.05, 3.63) is 59.2 Å². The Morgan fingerprint density at radius 1 is 0.964 bits per heavy atom. The predicted octanol–water partition coefficient (Wildman–Crippen LogP) is 5.72. The van der Waals surface area contributed by atoms with Crippen LogP contribution in [0, 0.1) is 6.92 Å². The first-order valence-corrected chi connectivity index (χ1v) is 9.31. The minimum atomic E-state index is 0.0760. The average molecular weight is 399 g/mol. The summed E-state index contributed by atoms with van der Waals surface area (Å²) < 4.78 is 11.0. The van der Waals surface area contributed by atoms with Crippen molar-refractivity contribution in [3.63, 3.8) is 0 Å². The Bertz CT molecular complexity index is 963. The third kappa shape index (κ3) is 5.04. The summed E-state index contributed by atoms with van der Waals surface area (Å²) in [6.07, 6.45) is 0.0760. The number of aromatic nitrogens is 2. The van der Waals surface area contributed by atoms with Crippen LogP contribution in [0.15, 0.2) is 48.5 Å². The molecular weight excluding hydrogens is 376 g/mol. The number of nitrogens with one attached hydrogen (secondary N) is 2. The highest BCUT2D eigenvalue weighted by Gasteiger charge is 2.09. The molecule has 0 saturated carbocycles. The molecule has 0 radical (unpaired) electrons. The molecule has 0 aliphatic carbocycles. The molecule has 2 aromatic carbocycles. The summed E-state index contributed by atoms with van der Waals surface area (Å²) in [5.41, 5.74) is 2.43. The zero-order chi connectivity index (χ0) is 20.1. The molecule has 0 atom stereocenters. The van der Waals surface area contributed by atoms with Gasteiger partial charge in [0.05, 0.1) is 23.9 Å². The first kappa shape index (κ1) is 19.8.